The fraction of sp³-hybridized carbons (Fsp3) is 0.588. The summed E-state index contributed by atoms with van der Waals surface area (Å²) < 4.78 is 26.7. The zero-order valence-electron chi connectivity index (χ0n) is 13.8. The van der Waals surface area contributed by atoms with Crippen LogP contribution in [-0.2, 0) is 14.8 Å². The molecule has 0 bridgehead atoms. The Kier molecular flexibility index (Phi) is 5.53. The lowest BCUT2D eigenvalue weighted by atomic mass is 9.98. The maximum Gasteiger partial charge on any atom is 0.243 e. The largest absolute Gasteiger partial charge is 0.354 e. The van der Waals surface area contributed by atoms with Crippen molar-refractivity contribution in [2.45, 2.75) is 36.6 Å². The van der Waals surface area contributed by atoms with Crippen molar-refractivity contribution in [2.75, 3.05) is 26.2 Å². The van der Waals surface area contributed by atoms with Crippen LogP contribution in [0.15, 0.2) is 35.2 Å². The molecule has 2 aliphatic heterocycles. The predicted octanol–water partition coefficient (Wildman–Crippen LogP) is 0.955. The minimum Gasteiger partial charge on any atom is -0.354 e. The van der Waals surface area contributed by atoms with E-state index < -0.39 is 10.0 Å². The lowest BCUT2D eigenvalue weighted by Gasteiger charge is -2.31. The number of piperidine rings is 1. The zero-order valence-corrected chi connectivity index (χ0v) is 14.6. The molecule has 1 aromatic carbocycles. The summed E-state index contributed by atoms with van der Waals surface area (Å²) in [6, 6.07) is 8.52. The van der Waals surface area contributed by atoms with Crippen LogP contribution < -0.4 is 10.6 Å². The third-order valence-corrected chi connectivity index (χ3v) is 6.81. The Hall–Kier alpha value is -1.44. The highest BCUT2D eigenvalue weighted by atomic mass is 32.2. The van der Waals surface area contributed by atoms with Gasteiger partial charge in [-0.2, -0.15) is 4.31 Å². The van der Waals surface area contributed by atoms with Gasteiger partial charge in [0.2, 0.25) is 15.9 Å². The van der Waals surface area contributed by atoms with Gasteiger partial charge in [-0.3, -0.25) is 4.79 Å². The van der Waals surface area contributed by atoms with Crippen molar-refractivity contribution >= 4 is 15.9 Å². The van der Waals surface area contributed by atoms with E-state index in [2.05, 4.69) is 10.6 Å². The van der Waals surface area contributed by atoms with E-state index >= 15 is 0 Å². The van der Waals surface area contributed by atoms with Gasteiger partial charge in [0.05, 0.1) is 10.9 Å². The Labute approximate surface area is 143 Å². The molecule has 6 nitrogen and oxygen atoms in total. The number of carbonyl (C=O) groups excluding carboxylic acids is 1. The number of rotatable bonds is 5. The van der Waals surface area contributed by atoms with Gasteiger partial charge < -0.3 is 10.6 Å². The standard InChI is InChI=1S/C17H25N3O3S/c21-17(16-7-4-10-18-16)19-13-14-8-11-20(12-9-14)24(22,23)15-5-2-1-3-6-15/h1-3,5-6,14,16,18H,4,7-13H2,(H,19,21). The Morgan fingerprint density at radius 3 is 2.50 bits per heavy atom. The van der Waals surface area contributed by atoms with Crippen LogP contribution in [0, 0.1) is 5.92 Å². The van der Waals surface area contributed by atoms with Crippen LogP contribution in [0.4, 0.5) is 0 Å². The molecule has 2 heterocycles. The molecular weight excluding hydrogens is 326 g/mol. The van der Waals surface area contributed by atoms with Crippen LogP contribution in [0.25, 0.3) is 0 Å². The first-order valence-corrected chi connectivity index (χ1v) is 10.1. The van der Waals surface area contributed by atoms with Gasteiger partial charge in [0.25, 0.3) is 0 Å². The summed E-state index contributed by atoms with van der Waals surface area (Å²) in [5.74, 6) is 0.421. The smallest absolute Gasteiger partial charge is 0.243 e. The van der Waals surface area contributed by atoms with Crippen LogP contribution in [-0.4, -0.2) is 50.9 Å². The van der Waals surface area contributed by atoms with Crippen LogP contribution in [0.5, 0.6) is 0 Å². The highest BCUT2D eigenvalue weighted by Crippen LogP contribution is 2.23. The Balaban J connectivity index is 1.48. The van der Waals surface area contributed by atoms with Crippen molar-refractivity contribution in [3.63, 3.8) is 0 Å². The van der Waals surface area contributed by atoms with Gasteiger partial charge in [-0.1, -0.05) is 18.2 Å². The third kappa shape index (κ3) is 3.96. The second-order valence-electron chi connectivity index (χ2n) is 6.55. The number of hydrogen-bond acceptors (Lipinski definition) is 4. The van der Waals surface area contributed by atoms with E-state index in [9.17, 15) is 13.2 Å². The van der Waals surface area contributed by atoms with Crippen molar-refractivity contribution in [2.24, 2.45) is 5.92 Å². The van der Waals surface area contributed by atoms with Crippen molar-refractivity contribution in [3.8, 4) is 0 Å². The van der Waals surface area contributed by atoms with Gasteiger partial charge in [0.1, 0.15) is 0 Å². The SMILES string of the molecule is O=C(NCC1CCN(S(=O)(=O)c2ccccc2)CC1)C1CCCN1. The second-order valence-corrected chi connectivity index (χ2v) is 8.49. The summed E-state index contributed by atoms with van der Waals surface area (Å²) in [5, 5.41) is 6.20. The molecule has 24 heavy (non-hydrogen) atoms. The first kappa shape index (κ1) is 17.4. The summed E-state index contributed by atoms with van der Waals surface area (Å²) >= 11 is 0. The van der Waals surface area contributed by atoms with Gasteiger partial charge in [-0.05, 0) is 50.3 Å². The molecule has 1 unspecified atom stereocenters. The summed E-state index contributed by atoms with van der Waals surface area (Å²) in [4.78, 5) is 12.4. The van der Waals surface area contributed by atoms with Crippen molar-refractivity contribution in [3.05, 3.63) is 30.3 Å². The van der Waals surface area contributed by atoms with Crippen LogP contribution in [0.1, 0.15) is 25.7 Å². The van der Waals surface area contributed by atoms with Gasteiger partial charge in [-0.25, -0.2) is 8.42 Å². The molecule has 0 saturated carbocycles. The highest BCUT2D eigenvalue weighted by molar-refractivity contribution is 7.89. The minimum atomic E-state index is -3.39. The summed E-state index contributed by atoms with van der Waals surface area (Å²) in [6.07, 6.45) is 3.52. The quantitative estimate of drug-likeness (QED) is 0.828. The Morgan fingerprint density at radius 1 is 1.17 bits per heavy atom. The molecule has 1 aromatic rings. The maximum absolute atomic E-state index is 12.6. The second kappa shape index (κ2) is 7.63. The normalized spacial score (nSPS) is 23.2. The van der Waals surface area contributed by atoms with E-state index in [1.165, 1.54) is 0 Å². The van der Waals surface area contributed by atoms with Gasteiger partial charge in [0.15, 0.2) is 0 Å². The average Bonchev–Trinajstić information content (AvgIpc) is 3.15. The molecule has 2 fully saturated rings. The van der Waals surface area contributed by atoms with Crippen molar-refractivity contribution < 1.29 is 13.2 Å². The fourth-order valence-corrected chi connectivity index (χ4v) is 4.86. The van der Waals surface area contributed by atoms with E-state index in [0.717, 1.165) is 32.2 Å². The molecule has 2 N–H and O–H groups in total. The molecule has 2 aliphatic rings. The highest BCUT2D eigenvalue weighted by Gasteiger charge is 2.30. The van der Waals surface area contributed by atoms with E-state index in [0.29, 0.717) is 30.4 Å². The van der Waals surface area contributed by atoms with E-state index in [1.807, 2.05) is 6.07 Å². The van der Waals surface area contributed by atoms with Crippen molar-refractivity contribution in [1.29, 1.82) is 0 Å². The van der Waals surface area contributed by atoms with Crippen LogP contribution in [0.3, 0.4) is 0 Å². The molecule has 7 heteroatoms. The zero-order chi connectivity index (χ0) is 17.0. The molecule has 2 saturated heterocycles. The first-order chi connectivity index (χ1) is 11.6. The molecule has 1 amide bonds. The van der Waals surface area contributed by atoms with E-state index in [-0.39, 0.29) is 11.9 Å². The minimum absolute atomic E-state index is 0.0523. The topological polar surface area (TPSA) is 78.5 Å². The number of carbonyl (C=O) groups is 1. The maximum atomic E-state index is 12.6. The monoisotopic (exact) mass is 351 g/mol. The van der Waals surface area contributed by atoms with Gasteiger partial charge in [-0.15, -0.1) is 0 Å². The summed E-state index contributed by atoms with van der Waals surface area (Å²) in [6.45, 7) is 2.57. The molecule has 0 aromatic heterocycles. The number of nitrogens with zero attached hydrogens (tertiary/aromatic N) is 1. The first-order valence-electron chi connectivity index (χ1n) is 8.63. The third-order valence-electron chi connectivity index (χ3n) is 4.90. The molecule has 0 radical (unpaired) electrons. The molecule has 132 valence electrons. The summed E-state index contributed by atoms with van der Waals surface area (Å²) in [7, 11) is -3.39. The van der Waals surface area contributed by atoms with Gasteiger partial charge in [0, 0.05) is 19.6 Å². The number of sulfonamides is 1. The molecule has 3 rings (SSSR count). The Morgan fingerprint density at radius 2 is 1.88 bits per heavy atom. The number of amides is 1. The number of nitrogens with one attached hydrogen (secondary N) is 2. The molecule has 0 spiro atoms. The Bertz CT molecular complexity index is 649. The molecular formula is C17H25N3O3S. The average molecular weight is 351 g/mol. The number of hydrogen-bond donors (Lipinski definition) is 2. The van der Waals surface area contributed by atoms with E-state index in [1.54, 1.807) is 28.6 Å². The molecule has 1 atom stereocenters. The summed E-state index contributed by atoms with van der Waals surface area (Å²) in [5.41, 5.74) is 0. The predicted molar refractivity (Wildman–Crippen MR) is 92.0 cm³/mol. The lowest BCUT2D eigenvalue weighted by molar-refractivity contribution is -0.123. The van der Waals surface area contributed by atoms with Crippen LogP contribution in [0.2, 0.25) is 0 Å². The lowest BCUT2D eigenvalue weighted by Crippen LogP contribution is -2.45. The van der Waals surface area contributed by atoms with Crippen LogP contribution >= 0.6 is 0 Å². The van der Waals surface area contributed by atoms with Crippen molar-refractivity contribution in [1.82, 2.24) is 14.9 Å². The van der Waals surface area contributed by atoms with E-state index in [4.69, 9.17) is 0 Å². The van der Waals surface area contributed by atoms with Gasteiger partial charge >= 0.3 is 0 Å². The molecule has 0 aliphatic carbocycles. The number of benzene rings is 1. The fourth-order valence-electron chi connectivity index (χ4n) is 3.37.